The quantitative estimate of drug-likeness (QED) is 0.711. The molecule has 0 bridgehead atoms. The fourth-order valence-corrected chi connectivity index (χ4v) is 3.71. The van der Waals surface area contributed by atoms with Gasteiger partial charge in [-0.3, -0.25) is 4.79 Å². The van der Waals surface area contributed by atoms with Gasteiger partial charge in [0.15, 0.2) is 0 Å². The molecular weight excluding hydrogens is 314 g/mol. The first kappa shape index (κ1) is 19.6. The molecule has 1 atom stereocenters. The Balaban J connectivity index is 2.72. The lowest BCUT2D eigenvalue weighted by Gasteiger charge is -2.18. The zero-order valence-corrected chi connectivity index (χ0v) is 14.9. The van der Waals surface area contributed by atoms with Crippen molar-refractivity contribution in [1.82, 2.24) is 9.62 Å². The van der Waals surface area contributed by atoms with Crippen LogP contribution in [0.3, 0.4) is 0 Å². The van der Waals surface area contributed by atoms with E-state index in [0.29, 0.717) is 26.1 Å². The van der Waals surface area contributed by atoms with Crippen LogP contribution < -0.4 is 11.1 Å². The van der Waals surface area contributed by atoms with Crippen molar-refractivity contribution in [2.45, 2.75) is 51.1 Å². The van der Waals surface area contributed by atoms with Gasteiger partial charge in [-0.1, -0.05) is 39.3 Å². The molecule has 0 aliphatic carbocycles. The highest BCUT2D eigenvalue weighted by molar-refractivity contribution is 7.89. The molecule has 3 N–H and O–H groups in total. The van der Waals surface area contributed by atoms with Crippen LogP contribution in [0, 0.1) is 0 Å². The van der Waals surface area contributed by atoms with Gasteiger partial charge in [-0.05, 0) is 24.1 Å². The second-order valence-electron chi connectivity index (χ2n) is 5.35. The maximum absolute atomic E-state index is 12.4. The van der Waals surface area contributed by atoms with E-state index in [1.165, 1.54) is 4.31 Å². The average Bonchev–Trinajstić information content (AvgIpc) is 2.54. The minimum atomic E-state index is -3.44. The number of carbonyl (C=O) groups is 1. The summed E-state index contributed by atoms with van der Waals surface area (Å²) in [6.07, 6.45) is 1.50. The number of carbonyl (C=O) groups excluding carboxylic acids is 1. The number of rotatable bonds is 9. The van der Waals surface area contributed by atoms with Crippen molar-refractivity contribution < 1.29 is 13.2 Å². The molecule has 0 radical (unpaired) electrons. The fraction of sp³-hybridized carbons (Fsp3) is 0.562. The van der Waals surface area contributed by atoms with E-state index in [-0.39, 0.29) is 10.8 Å². The minimum absolute atomic E-state index is 0.188. The second kappa shape index (κ2) is 9.00. The summed E-state index contributed by atoms with van der Waals surface area (Å²) in [4.78, 5) is 12.0. The Morgan fingerprint density at radius 2 is 1.74 bits per heavy atom. The van der Waals surface area contributed by atoms with Crippen molar-refractivity contribution in [2.24, 2.45) is 5.73 Å². The molecule has 0 aromatic heterocycles. The molecule has 0 spiro atoms. The Morgan fingerprint density at radius 3 is 2.22 bits per heavy atom. The summed E-state index contributed by atoms with van der Waals surface area (Å²) < 4.78 is 26.2. The Labute approximate surface area is 139 Å². The van der Waals surface area contributed by atoms with Crippen LogP contribution in [0.15, 0.2) is 29.2 Å². The summed E-state index contributed by atoms with van der Waals surface area (Å²) in [6.45, 7) is 6.80. The average molecular weight is 341 g/mol. The van der Waals surface area contributed by atoms with Crippen LogP contribution in [-0.2, 0) is 21.4 Å². The highest BCUT2D eigenvalue weighted by Crippen LogP contribution is 2.16. The van der Waals surface area contributed by atoms with Gasteiger partial charge in [0.2, 0.25) is 15.9 Å². The number of nitrogens with two attached hydrogens (primary N) is 1. The number of amides is 1. The topological polar surface area (TPSA) is 92.5 Å². The molecule has 1 aromatic carbocycles. The predicted molar refractivity (Wildman–Crippen MR) is 91.3 cm³/mol. The van der Waals surface area contributed by atoms with Gasteiger partial charge in [0.05, 0.1) is 10.9 Å². The van der Waals surface area contributed by atoms with E-state index in [0.717, 1.165) is 12.0 Å². The van der Waals surface area contributed by atoms with Gasteiger partial charge in [-0.15, -0.1) is 0 Å². The number of hydrogen-bond acceptors (Lipinski definition) is 4. The van der Waals surface area contributed by atoms with Crippen molar-refractivity contribution in [3.8, 4) is 0 Å². The van der Waals surface area contributed by atoms with Crippen molar-refractivity contribution in [3.05, 3.63) is 29.8 Å². The Morgan fingerprint density at radius 1 is 1.17 bits per heavy atom. The molecule has 23 heavy (non-hydrogen) atoms. The van der Waals surface area contributed by atoms with Crippen molar-refractivity contribution in [2.75, 3.05) is 13.1 Å². The molecule has 0 fully saturated rings. The van der Waals surface area contributed by atoms with Crippen LogP contribution in [0.4, 0.5) is 0 Å². The molecule has 0 heterocycles. The van der Waals surface area contributed by atoms with E-state index in [9.17, 15) is 13.2 Å². The van der Waals surface area contributed by atoms with Crippen molar-refractivity contribution in [3.63, 3.8) is 0 Å². The number of nitrogens with one attached hydrogen (secondary N) is 1. The molecule has 0 saturated heterocycles. The van der Waals surface area contributed by atoms with Crippen LogP contribution in [0.1, 0.15) is 39.2 Å². The lowest BCUT2D eigenvalue weighted by molar-refractivity contribution is -0.122. The first-order chi connectivity index (χ1) is 10.9. The molecule has 130 valence electrons. The lowest BCUT2D eigenvalue weighted by Crippen LogP contribution is -2.40. The Hall–Kier alpha value is -1.44. The van der Waals surface area contributed by atoms with Crippen molar-refractivity contribution >= 4 is 15.9 Å². The largest absolute Gasteiger partial charge is 0.351 e. The van der Waals surface area contributed by atoms with E-state index in [2.05, 4.69) is 5.32 Å². The summed E-state index contributed by atoms with van der Waals surface area (Å²) in [6, 6.07) is 6.06. The van der Waals surface area contributed by atoms with Gasteiger partial charge in [-0.2, -0.15) is 4.31 Å². The van der Waals surface area contributed by atoms with Gasteiger partial charge >= 0.3 is 0 Å². The smallest absolute Gasteiger partial charge is 0.243 e. The highest BCUT2D eigenvalue weighted by atomic mass is 32.2. The third-order valence-corrected chi connectivity index (χ3v) is 5.73. The number of benzene rings is 1. The zero-order valence-electron chi connectivity index (χ0n) is 14.1. The Kier molecular flexibility index (Phi) is 7.67. The molecule has 1 rings (SSSR count). The van der Waals surface area contributed by atoms with Crippen LogP contribution in [0.25, 0.3) is 0 Å². The van der Waals surface area contributed by atoms with Crippen LogP contribution in [0.2, 0.25) is 0 Å². The first-order valence-electron chi connectivity index (χ1n) is 7.99. The molecule has 0 aliphatic heterocycles. The standard InChI is InChI=1S/C16H27N3O3S/c1-4-7-15(17)16(20)18-12-13-8-10-14(11-9-13)23(21,22)19(5-2)6-3/h8-11,15H,4-7,12,17H2,1-3H3,(H,18,20). The van der Waals surface area contributed by atoms with Crippen LogP contribution >= 0.6 is 0 Å². The molecule has 0 aliphatic rings. The number of nitrogens with zero attached hydrogens (tertiary/aromatic N) is 1. The van der Waals surface area contributed by atoms with Gasteiger partial charge in [0, 0.05) is 19.6 Å². The van der Waals surface area contributed by atoms with E-state index < -0.39 is 16.1 Å². The van der Waals surface area contributed by atoms with E-state index in [4.69, 9.17) is 5.73 Å². The predicted octanol–water partition coefficient (Wildman–Crippen LogP) is 1.46. The van der Waals surface area contributed by atoms with Gasteiger partial charge in [0.1, 0.15) is 0 Å². The maximum atomic E-state index is 12.4. The van der Waals surface area contributed by atoms with Crippen molar-refractivity contribution in [1.29, 1.82) is 0 Å². The van der Waals surface area contributed by atoms with Crippen LogP contribution in [0.5, 0.6) is 0 Å². The molecule has 0 saturated carbocycles. The van der Waals surface area contributed by atoms with Gasteiger partial charge in [-0.25, -0.2) is 8.42 Å². The Bertz CT molecular complexity index is 596. The van der Waals surface area contributed by atoms with Crippen LogP contribution in [-0.4, -0.2) is 37.8 Å². The fourth-order valence-electron chi connectivity index (χ4n) is 2.25. The summed E-state index contributed by atoms with van der Waals surface area (Å²) in [7, 11) is -3.44. The van der Waals surface area contributed by atoms with E-state index >= 15 is 0 Å². The monoisotopic (exact) mass is 341 g/mol. The molecule has 1 amide bonds. The molecular formula is C16H27N3O3S. The molecule has 1 unspecified atom stereocenters. The molecule has 7 heteroatoms. The van der Waals surface area contributed by atoms with Gasteiger partial charge in [0.25, 0.3) is 0 Å². The first-order valence-corrected chi connectivity index (χ1v) is 9.43. The third kappa shape index (κ3) is 5.30. The highest BCUT2D eigenvalue weighted by Gasteiger charge is 2.21. The normalized spacial score (nSPS) is 13.1. The summed E-state index contributed by atoms with van der Waals surface area (Å²) >= 11 is 0. The SMILES string of the molecule is CCCC(N)C(=O)NCc1ccc(S(=O)(=O)N(CC)CC)cc1. The lowest BCUT2D eigenvalue weighted by atomic mass is 10.1. The summed E-state index contributed by atoms with van der Waals surface area (Å²) in [5.74, 6) is -0.188. The zero-order chi connectivity index (χ0) is 17.5. The molecule has 1 aromatic rings. The summed E-state index contributed by atoms with van der Waals surface area (Å²) in [5.41, 5.74) is 6.57. The maximum Gasteiger partial charge on any atom is 0.243 e. The third-order valence-electron chi connectivity index (χ3n) is 3.67. The van der Waals surface area contributed by atoms with E-state index in [1.54, 1.807) is 24.3 Å². The van der Waals surface area contributed by atoms with Gasteiger partial charge < -0.3 is 11.1 Å². The number of hydrogen-bond donors (Lipinski definition) is 2. The molecule has 6 nitrogen and oxygen atoms in total. The number of sulfonamides is 1. The minimum Gasteiger partial charge on any atom is -0.351 e. The van der Waals surface area contributed by atoms with E-state index in [1.807, 2.05) is 20.8 Å². The summed E-state index contributed by atoms with van der Waals surface area (Å²) in [5, 5.41) is 2.76. The second-order valence-corrected chi connectivity index (χ2v) is 7.28.